The van der Waals surface area contributed by atoms with Gasteiger partial charge in [0.15, 0.2) is 0 Å². The van der Waals surface area contributed by atoms with Gasteiger partial charge in [-0.1, -0.05) is 0 Å². The van der Waals surface area contributed by atoms with Crippen LogP contribution in [0.25, 0.3) is 0 Å². The summed E-state index contributed by atoms with van der Waals surface area (Å²) in [5.41, 5.74) is -3.66. The smallest absolute Gasteiger partial charge is 0.418 e. The van der Waals surface area contributed by atoms with Gasteiger partial charge >= 0.3 is 12.1 Å². The lowest BCUT2D eigenvalue weighted by Gasteiger charge is -2.12. The average Bonchev–Trinajstić information content (AvgIpc) is 2.14. The van der Waals surface area contributed by atoms with Crippen molar-refractivity contribution in [3.05, 3.63) is 26.6 Å². The van der Waals surface area contributed by atoms with Crippen molar-refractivity contribution in [2.75, 3.05) is 0 Å². The molecule has 0 aliphatic carbocycles. The summed E-state index contributed by atoms with van der Waals surface area (Å²) in [7, 11) is 0. The monoisotopic (exact) mass is 367 g/mol. The van der Waals surface area contributed by atoms with Crippen molar-refractivity contribution in [2.45, 2.75) is 12.6 Å². The summed E-state index contributed by atoms with van der Waals surface area (Å²) >= 11 is 1.13. The molecule has 9 heteroatoms. The molecule has 0 amide bonds. The molecule has 0 unspecified atom stereocenters. The SMILES string of the molecule is O=C(O)c1cc(C(F)(F)F)c(I)nc1C(F)F. The molecular formula is C8H3F5INO2. The van der Waals surface area contributed by atoms with Crippen LogP contribution < -0.4 is 0 Å². The number of nitrogens with zero attached hydrogens (tertiary/aromatic N) is 1. The van der Waals surface area contributed by atoms with Crippen LogP contribution in [0.4, 0.5) is 22.0 Å². The summed E-state index contributed by atoms with van der Waals surface area (Å²) in [6.07, 6.45) is -8.09. The number of pyridine rings is 1. The van der Waals surface area contributed by atoms with Gasteiger partial charge in [-0.05, 0) is 28.7 Å². The topological polar surface area (TPSA) is 50.2 Å². The Hall–Kier alpha value is -1.00. The van der Waals surface area contributed by atoms with Crippen molar-refractivity contribution < 1.29 is 31.9 Å². The van der Waals surface area contributed by atoms with Crippen molar-refractivity contribution in [1.82, 2.24) is 4.98 Å². The molecular weight excluding hydrogens is 364 g/mol. The minimum Gasteiger partial charge on any atom is -0.478 e. The number of carbonyl (C=O) groups is 1. The first-order chi connectivity index (χ1) is 7.64. The maximum Gasteiger partial charge on any atom is 0.418 e. The van der Waals surface area contributed by atoms with Gasteiger partial charge in [-0.25, -0.2) is 18.6 Å². The van der Waals surface area contributed by atoms with Gasteiger partial charge in [0.25, 0.3) is 6.43 Å². The van der Waals surface area contributed by atoms with E-state index in [0.29, 0.717) is 0 Å². The van der Waals surface area contributed by atoms with Gasteiger partial charge in [0, 0.05) is 0 Å². The Labute approximate surface area is 105 Å². The highest BCUT2D eigenvalue weighted by molar-refractivity contribution is 14.1. The van der Waals surface area contributed by atoms with Crippen molar-refractivity contribution >= 4 is 28.6 Å². The van der Waals surface area contributed by atoms with Crippen molar-refractivity contribution in [3.63, 3.8) is 0 Å². The van der Waals surface area contributed by atoms with Crippen LogP contribution in [0.2, 0.25) is 0 Å². The van der Waals surface area contributed by atoms with Crippen molar-refractivity contribution in [2.24, 2.45) is 0 Å². The number of halogens is 6. The number of carboxylic acid groups (broad SMARTS) is 1. The van der Waals surface area contributed by atoms with E-state index in [1.807, 2.05) is 0 Å². The fourth-order valence-electron chi connectivity index (χ4n) is 1.04. The van der Waals surface area contributed by atoms with E-state index >= 15 is 0 Å². The summed E-state index contributed by atoms with van der Waals surface area (Å²) < 4.78 is 61.3. The molecule has 0 atom stereocenters. The van der Waals surface area contributed by atoms with E-state index in [9.17, 15) is 26.7 Å². The Bertz CT molecular complexity index is 460. The Balaban J connectivity index is 3.51. The number of alkyl halides is 5. The Morgan fingerprint density at radius 2 is 1.94 bits per heavy atom. The molecule has 0 fully saturated rings. The van der Waals surface area contributed by atoms with Crippen molar-refractivity contribution in [3.8, 4) is 0 Å². The lowest BCUT2D eigenvalue weighted by molar-refractivity contribution is -0.138. The molecule has 0 saturated heterocycles. The summed E-state index contributed by atoms with van der Waals surface area (Å²) in [6.45, 7) is 0. The number of hydrogen-bond acceptors (Lipinski definition) is 2. The Kier molecular flexibility index (Phi) is 3.89. The zero-order valence-corrected chi connectivity index (χ0v) is 9.88. The number of aromatic carboxylic acids is 1. The minimum absolute atomic E-state index is 0.165. The number of aromatic nitrogens is 1. The Morgan fingerprint density at radius 1 is 1.41 bits per heavy atom. The van der Waals surface area contributed by atoms with Crippen LogP contribution in [0.15, 0.2) is 6.07 Å². The van der Waals surface area contributed by atoms with Gasteiger partial charge in [0.1, 0.15) is 9.39 Å². The quantitative estimate of drug-likeness (QED) is 0.496. The van der Waals surface area contributed by atoms with Crippen LogP contribution in [0.1, 0.15) is 28.0 Å². The molecule has 0 saturated carbocycles. The minimum atomic E-state index is -4.84. The first-order valence-electron chi connectivity index (χ1n) is 3.93. The molecule has 1 aromatic rings. The zero-order chi connectivity index (χ0) is 13.4. The summed E-state index contributed by atoms with van der Waals surface area (Å²) in [6, 6.07) is 0.165. The van der Waals surface area contributed by atoms with E-state index in [-0.39, 0.29) is 6.07 Å². The maximum atomic E-state index is 12.4. The highest BCUT2D eigenvalue weighted by atomic mass is 127. The zero-order valence-electron chi connectivity index (χ0n) is 7.73. The predicted octanol–water partition coefficient (Wildman–Crippen LogP) is 3.34. The molecule has 1 heterocycles. The highest BCUT2D eigenvalue weighted by Crippen LogP contribution is 2.34. The van der Waals surface area contributed by atoms with Crippen LogP contribution in [0.5, 0.6) is 0 Å². The van der Waals surface area contributed by atoms with Gasteiger partial charge in [-0.3, -0.25) is 0 Å². The second-order valence-corrected chi connectivity index (χ2v) is 3.88. The second-order valence-electron chi connectivity index (χ2n) is 2.86. The van der Waals surface area contributed by atoms with E-state index < -0.39 is 39.1 Å². The average molecular weight is 367 g/mol. The first-order valence-corrected chi connectivity index (χ1v) is 5.01. The number of hydrogen-bond donors (Lipinski definition) is 1. The normalized spacial score (nSPS) is 11.9. The molecule has 0 aromatic carbocycles. The van der Waals surface area contributed by atoms with E-state index in [1.165, 1.54) is 0 Å². The number of carboxylic acids is 1. The molecule has 94 valence electrons. The molecule has 1 rings (SSSR count). The molecule has 0 radical (unpaired) electrons. The fraction of sp³-hybridized carbons (Fsp3) is 0.250. The lowest BCUT2D eigenvalue weighted by atomic mass is 10.1. The molecule has 0 aliphatic heterocycles. The predicted molar refractivity (Wildman–Crippen MR) is 53.9 cm³/mol. The highest BCUT2D eigenvalue weighted by Gasteiger charge is 2.36. The maximum absolute atomic E-state index is 12.4. The summed E-state index contributed by atoms with van der Waals surface area (Å²) in [4.78, 5) is 13.6. The van der Waals surface area contributed by atoms with Gasteiger partial charge in [0.05, 0.1) is 11.1 Å². The van der Waals surface area contributed by atoms with Gasteiger partial charge in [0.2, 0.25) is 0 Å². The third-order valence-corrected chi connectivity index (χ3v) is 2.57. The summed E-state index contributed by atoms with van der Waals surface area (Å²) in [5.74, 6) is -1.88. The molecule has 3 nitrogen and oxygen atoms in total. The second kappa shape index (κ2) is 4.70. The van der Waals surface area contributed by atoms with E-state index in [1.54, 1.807) is 0 Å². The summed E-state index contributed by atoms with van der Waals surface area (Å²) in [5, 5.41) is 8.55. The van der Waals surface area contributed by atoms with Gasteiger partial charge in [-0.2, -0.15) is 13.2 Å². The van der Waals surface area contributed by atoms with Gasteiger partial charge in [-0.15, -0.1) is 0 Å². The molecule has 0 spiro atoms. The first kappa shape index (κ1) is 14.1. The van der Waals surface area contributed by atoms with E-state index in [2.05, 4.69) is 4.98 Å². The van der Waals surface area contributed by atoms with Crippen LogP contribution >= 0.6 is 22.6 Å². The molecule has 1 N–H and O–H groups in total. The molecule has 1 aromatic heterocycles. The third-order valence-electron chi connectivity index (χ3n) is 1.75. The fourth-order valence-corrected chi connectivity index (χ4v) is 1.76. The van der Waals surface area contributed by atoms with Crippen LogP contribution in [-0.4, -0.2) is 16.1 Å². The molecule has 0 bridgehead atoms. The third kappa shape index (κ3) is 3.01. The van der Waals surface area contributed by atoms with Crippen LogP contribution in [-0.2, 0) is 6.18 Å². The van der Waals surface area contributed by atoms with E-state index in [4.69, 9.17) is 5.11 Å². The Morgan fingerprint density at radius 3 is 2.29 bits per heavy atom. The standard InChI is InChI=1S/C8H3F5INO2/c9-5(10)4-2(7(16)17)1-3(6(14)15-4)8(11,12)13/h1,5H,(H,16,17). The largest absolute Gasteiger partial charge is 0.478 e. The lowest BCUT2D eigenvalue weighted by Crippen LogP contribution is -2.15. The van der Waals surface area contributed by atoms with Crippen LogP contribution in [0.3, 0.4) is 0 Å². The molecule has 0 aliphatic rings. The number of rotatable bonds is 2. The van der Waals surface area contributed by atoms with E-state index in [0.717, 1.165) is 22.6 Å². The molecule has 17 heavy (non-hydrogen) atoms. The van der Waals surface area contributed by atoms with Crippen LogP contribution in [0, 0.1) is 3.70 Å². The van der Waals surface area contributed by atoms with Crippen molar-refractivity contribution in [1.29, 1.82) is 0 Å². The van der Waals surface area contributed by atoms with Gasteiger partial charge < -0.3 is 5.11 Å².